The fourth-order valence-electron chi connectivity index (χ4n) is 8.13. The van der Waals surface area contributed by atoms with Gasteiger partial charge in [0.2, 0.25) is 0 Å². The molecule has 10 unspecified atom stereocenters. The van der Waals surface area contributed by atoms with Crippen molar-refractivity contribution in [1.82, 2.24) is 0 Å². The standard InChI is InChI=1S/C44H88Cl2O3/c1-11-13-15-17-19-27-47-43(25-21-23-35(3)29-37(5)31-39(7)33-41(9)45)49-44(48-28-20-18-16-14-12-2)26-22-24-36(4)30-38(6)32-40(8)34-42(10)46/h35-44H,11-34H2,1-10H3. The first-order valence-electron chi connectivity index (χ1n) is 21.5. The molecule has 0 N–H and O–H groups in total. The number of alkyl halides is 2. The molecule has 296 valence electrons. The molecule has 0 aliphatic rings. The van der Waals surface area contributed by atoms with Crippen LogP contribution in [0.5, 0.6) is 0 Å². The third kappa shape index (κ3) is 32.8. The van der Waals surface area contributed by atoms with Crippen LogP contribution >= 0.6 is 23.2 Å². The van der Waals surface area contributed by atoms with Crippen LogP contribution < -0.4 is 0 Å². The molecule has 5 heteroatoms. The predicted molar refractivity (Wildman–Crippen MR) is 219 cm³/mol. The van der Waals surface area contributed by atoms with Crippen LogP contribution in [-0.2, 0) is 14.2 Å². The van der Waals surface area contributed by atoms with Gasteiger partial charge in [-0.1, -0.05) is 120 Å². The largest absolute Gasteiger partial charge is 0.353 e. The summed E-state index contributed by atoms with van der Waals surface area (Å²) in [6.45, 7) is 24.8. The van der Waals surface area contributed by atoms with Gasteiger partial charge in [-0.05, 0) is 126 Å². The fourth-order valence-corrected chi connectivity index (χ4v) is 8.74. The SMILES string of the molecule is CCCCCCCOC(CCCC(C)CC(C)CC(C)CC(C)Cl)OC(CCCC(C)CC(C)CC(C)CC(C)Cl)OCCCCCCC. The highest BCUT2D eigenvalue weighted by Gasteiger charge is 2.21. The van der Waals surface area contributed by atoms with Gasteiger partial charge in [0.1, 0.15) is 0 Å². The summed E-state index contributed by atoms with van der Waals surface area (Å²) in [6.07, 6.45) is 26.2. The highest BCUT2D eigenvalue weighted by Crippen LogP contribution is 2.28. The van der Waals surface area contributed by atoms with Crippen molar-refractivity contribution in [3.63, 3.8) is 0 Å². The number of hydrogen-bond acceptors (Lipinski definition) is 3. The molecule has 0 aromatic rings. The van der Waals surface area contributed by atoms with E-state index < -0.39 is 0 Å². The van der Waals surface area contributed by atoms with Crippen molar-refractivity contribution >= 4 is 23.2 Å². The van der Waals surface area contributed by atoms with Gasteiger partial charge >= 0.3 is 0 Å². The summed E-state index contributed by atoms with van der Waals surface area (Å²) in [7, 11) is 0. The van der Waals surface area contributed by atoms with E-state index in [-0.39, 0.29) is 23.3 Å². The summed E-state index contributed by atoms with van der Waals surface area (Å²) in [6, 6.07) is 0. The van der Waals surface area contributed by atoms with E-state index in [0.29, 0.717) is 23.7 Å². The first-order valence-corrected chi connectivity index (χ1v) is 22.4. The van der Waals surface area contributed by atoms with E-state index in [9.17, 15) is 0 Å². The van der Waals surface area contributed by atoms with E-state index in [1.54, 1.807) is 0 Å². The van der Waals surface area contributed by atoms with Crippen molar-refractivity contribution in [2.75, 3.05) is 13.2 Å². The number of ether oxygens (including phenoxy) is 3. The summed E-state index contributed by atoms with van der Waals surface area (Å²) in [5.41, 5.74) is 0. The molecule has 0 aromatic carbocycles. The smallest absolute Gasteiger partial charge is 0.160 e. The molecule has 3 nitrogen and oxygen atoms in total. The molecule has 0 fully saturated rings. The van der Waals surface area contributed by atoms with Gasteiger partial charge in [-0.3, -0.25) is 0 Å². The molecular formula is C44H88Cl2O3. The minimum atomic E-state index is -0.172. The van der Waals surface area contributed by atoms with Crippen molar-refractivity contribution in [2.24, 2.45) is 35.5 Å². The maximum Gasteiger partial charge on any atom is 0.160 e. The molecule has 10 atom stereocenters. The van der Waals surface area contributed by atoms with Crippen LogP contribution in [0.4, 0.5) is 0 Å². The number of hydrogen-bond donors (Lipinski definition) is 0. The summed E-state index contributed by atoms with van der Waals surface area (Å²) in [5.74, 6) is 4.30. The van der Waals surface area contributed by atoms with E-state index >= 15 is 0 Å². The van der Waals surface area contributed by atoms with Crippen LogP contribution in [0.1, 0.15) is 210 Å². The third-order valence-corrected chi connectivity index (χ3v) is 10.7. The van der Waals surface area contributed by atoms with Crippen LogP contribution in [0, 0.1) is 35.5 Å². The van der Waals surface area contributed by atoms with Crippen molar-refractivity contribution in [3.8, 4) is 0 Å². The highest BCUT2D eigenvalue weighted by atomic mass is 35.5. The zero-order chi connectivity index (χ0) is 36.9. The molecule has 0 saturated heterocycles. The van der Waals surface area contributed by atoms with Crippen molar-refractivity contribution in [3.05, 3.63) is 0 Å². The molecule has 49 heavy (non-hydrogen) atoms. The molecule has 0 aliphatic carbocycles. The van der Waals surface area contributed by atoms with E-state index in [4.69, 9.17) is 37.4 Å². The summed E-state index contributed by atoms with van der Waals surface area (Å²) in [4.78, 5) is 0. The van der Waals surface area contributed by atoms with E-state index in [2.05, 4.69) is 69.2 Å². The predicted octanol–water partition coefficient (Wildman–Crippen LogP) is 15.4. The lowest BCUT2D eigenvalue weighted by atomic mass is 9.86. The Morgan fingerprint density at radius 2 is 0.694 bits per heavy atom. The van der Waals surface area contributed by atoms with Gasteiger partial charge in [0.25, 0.3) is 0 Å². The second kappa shape index (κ2) is 33.1. The second-order valence-electron chi connectivity index (χ2n) is 17.0. The minimum Gasteiger partial charge on any atom is -0.353 e. The molecule has 0 aromatic heterocycles. The van der Waals surface area contributed by atoms with Crippen molar-refractivity contribution in [1.29, 1.82) is 0 Å². The van der Waals surface area contributed by atoms with Gasteiger partial charge in [0.15, 0.2) is 12.6 Å². The van der Waals surface area contributed by atoms with Gasteiger partial charge in [0.05, 0.1) is 0 Å². The maximum atomic E-state index is 6.74. The van der Waals surface area contributed by atoms with E-state index in [1.165, 1.54) is 89.9 Å². The Morgan fingerprint density at radius 1 is 0.367 bits per heavy atom. The maximum absolute atomic E-state index is 6.74. The Balaban J connectivity index is 5.14. The Morgan fingerprint density at radius 3 is 1.04 bits per heavy atom. The van der Waals surface area contributed by atoms with Crippen LogP contribution in [0.15, 0.2) is 0 Å². The monoisotopic (exact) mass is 735 g/mol. The Labute approximate surface area is 318 Å². The third-order valence-electron chi connectivity index (χ3n) is 10.4. The zero-order valence-corrected chi connectivity index (χ0v) is 36.2. The number of halogens is 2. The minimum absolute atomic E-state index is 0.172. The molecule has 0 heterocycles. The van der Waals surface area contributed by atoms with Crippen LogP contribution in [0.3, 0.4) is 0 Å². The second-order valence-corrected chi connectivity index (χ2v) is 18.5. The van der Waals surface area contributed by atoms with Crippen molar-refractivity contribution in [2.45, 2.75) is 234 Å². The van der Waals surface area contributed by atoms with Gasteiger partial charge in [-0.25, -0.2) is 0 Å². The van der Waals surface area contributed by atoms with E-state index in [1.807, 2.05) is 0 Å². The van der Waals surface area contributed by atoms with Gasteiger partial charge in [-0.2, -0.15) is 0 Å². The van der Waals surface area contributed by atoms with Crippen LogP contribution in [0.2, 0.25) is 0 Å². The topological polar surface area (TPSA) is 27.7 Å². The highest BCUT2D eigenvalue weighted by molar-refractivity contribution is 6.20. The van der Waals surface area contributed by atoms with Gasteiger partial charge in [0, 0.05) is 24.0 Å². The van der Waals surface area contributed by atoms with Crippen LogP contribution in [0.25, 0.3) is 0 Å². The fraction of sp³-hybridized carbons (Fsp3) is 1.00. The molecule has 0 bridgehead atoms. The lowest BCUT2D eigenvalue weighted by molar-refractivity contribution is -0.250. The average Bonchev–Trinajstić information content (AvgIpc) is 2.98. The van der Waals surface area contributed by atoms with Gasteiger partial charge < -0.3 is 14.2 Å². The molecular weight excluding hydrogens is 647 g/mol. The Kier molecular flexibility index (Phi) is 33.4. The summed E-state index contributed by atoms with van der Waals surface area (Å²) in [5, 5.41) is 0.544. The molecule has 0 amide bonds. The molecule has 0 radical (unpaired) electrons. The molecule has 0 aliphatic heterocycles. The first-order chi connectivity index (χ1) is 23.4. The Hall–Kier alpha value is 0.460. The van der Waals surface area contributed by atoms with Gasteiger partial charge in [-0.15, -0.1) is 23.2 Å². The zero-order valence-electron chi connectivity index (χ0n) is 34.7. The quantitative estimate of drug-likeness (QED) is 0.0364. The van der Waals surface area contributed by atoms with Crippen molar-refractivity contribution < 1.29 is 14.2 Å². The summed E-state index contributed by atoms with van der Waals surface area (Å²) >= 11 is 12.5. The Bertz CT molecular complexity index is 633. The normalized spacial score (nSPS) is 18.4. The van der Waals surface area contributed by atoms with E-state index in [0.717, 1.165) is 76.4 Å². The number of unbranched alkanes of at least 4 members (excludes halogenated alkanes) is 8. The molecule has 0 saturated carbocycles. The first kappa shape index (κ1) is 49.5. The molecule has 0 rings (SSSR count). The lowest BCUT2D eigenvalue weighted by Crippen LogP contribution is -2.28. The summed E-state index contributed by atoms with van der Waals surface area (Å²) < 4.78 is 19.7. The average molecular weight is 736 g/mol. The van der Waals surface area contributed by atoms with Crippen LogP contribution in [-0.4, -0.2) is 36.5 Å². The molecule has 0 spiro atoms. The number of rotatable bonds is 36. The lowest BCUT2D eigenvalue weighted by Gasteiger charge is -2.27.